The summed E-state index contributed by atoms with van der Waals surface area (Å²) in [7, 11) is 6.03. The minimum absolute atomic E-state index is 0.208. The van der Waals surface area contributed by atoms with Gasteiger partial charge >= 0.3 is 0 Å². The summed E-state index contributed by atoms with van der Waals surface area (Å²) in [5, 5.41) is 6.20. The van der Waals surface area contributed by atoms with Crippen LogP contribution in [-0.2, 0) is 6.42 Å². The summed E-state index contributed by atoms with van der Waals surface area (Å²) >= 11 is 0. The number of hydrogen-bond acceptors (Lipinski definition) is 6. The number of anilines is 3. The van der Waals surface area contributed by atoms with Crippen LogP contribution in [0.3, 0.4) is 0 Å². The number of nitrogens with one attached hydrogen (secondary N) is 2. The average Bonchev–Trinajstić information content (AvgIpc) is 3.16. The minimum atomic E-state index is -0.366. The van der Waals surface area contributed by atoms with Crippen molar-refractivity contribution in [1.82, 2.24) is 14.9 Å². The summed E-state index contributed by atoms with van der Waals surface area (Å²) < 4.78 is 21.4. The van der Waals surface area contributed by atoms with Crippen molar-refractivity contribution in [3.63, 3.8) is 0 Å². The fourth-order valence-electron chi connectivity index (χ4n) is 4.06. The lowest BCUT2D eigenvalue weighted by molar-refractivity contribution is 0.277. The Bertz CT molecular complexity index is 957. The van der Waals surface area contributed by atoms with Crippen molar-refractivity contribution in [3.8, 4) is 5.75 Å². The lowest BCUT2D eigenvalue weighted by Gasteiger charge is -2.28. The Morgan fingerprint density at radius 2 is 2.03 bits per heavy atom. The molecular weight excluding hydrogens is 369 g/mol. The number of hydrogen-bond donors (Lipinski definition) is 2. The highest BCUT2D eigenvalue weighted by Crippen LogP contribution is 2.41. The minimum Gasteiger partial charge on any atom is -0.491 e. The number of aromatic nitrogens is 2. The summed E-state index contributed by atoms with van der Waals surface area (Å²) in [5.41, 5.74) is 4.14. The number of ether oxygens (including phenoxy) is 1. The summed E-state index contributed by atoms with van der Waals surface area (Å²) in [6, 6.07) is 4.27. The maximum atomic E-state index is 15.6. The third kappa shape index (κ3) is 3.92. The van der Waals surface area contributed by atoms with Crippen molar-refractivity contribution in [3.05, 3.63) is 41.0 Å². The van der Waals surface area contributed by atoms with E-state index in [2.05, 4.69) is 45.7 Å². The van der Waals surface area contributed by atoms with Gasteiger partial charge in [0.15, 0.2) is 17.4 Å². The van der Waals surface area contributed by atoms with Gasteiger partial charge < -0.3 is 20.3 Å². The van der Waals surface area contributed by atoms with Crippen LogP contribution in [0.2, 0.25) is 0 Å². The predicted molar refractivity (Wildman–Crippen MR) is 115 cm³/mol. The molecule has 2 N–H and O–H groups in total. The molecule has 0 unspecified atom stereocenters. The molecule has 0 fully saturated rings. The number of halogens is 1. The first-order chi connectivity index (χ1) is 14.0. The molecular formula is C22H28FN5O. The summed E-state index contributed by atoms with van der Waals surface area (Å²) in [4.78, 5) is 11.2. The number of aryl methyl sites for hydroxylation is 1. The van der Waals surface area contributed by atoms with E-state index >= 15 is 4.39 Å². The van der Waals surface area contributed by atoms with Gasteiger partial charge in [0.05, 0.1) is 17.9 Å². The van der Waals surface area contributed by atoms with Crippen LogP contribution in [0.4, 0.5) is 21.7 Å². The van der Waals surface area contributed by atoms with Crippen molar-refractivity contribution in [2.75, 3.05) is 38.4 Å². The van der Waals surface area contributed by atoms with E-state index in [1.807, 2.05) is 26.1 Å². The molecule has 7 heteroatoms. The SMILES string of the molecule is CNc1cc(C)nc(Nc2nc3c(c(C4=CC[C@H](N(C)C)CC4)c2F)OCC3)c1. The molecule has 6 nitrogen and oxygen atoms in total. The first-order valence-electron chi connectivity index (χ1n) is 10.1. The second-order valence-electron chi connectivity index (χ2n) is 7.90. The van der Waals surface area contributed by atoms with Crippen molar-refractivity contribution >= 4 is 22.9 Å². The van der Waals surface area contributed by atoms with Gasteiger partial charge in [0.25, 0.3) is 0 Å². The van der Waals surface area contributed by atoms with Crippen LogP contribution in [0.25, 0.3) is 5.57 Å². The monoisotopic (exact) mass is 397 g/mol. The van der Waals surface area contributed by atoms with Crippen molar-refractivity contribution in [2.24, 2.45) is 0 Å². The molecule has 2 aromatic heterocycles. The van der Waals surface area contributed by atoms with E-state index in [-0.39, 0.29) is 11.6 Å². The number of rotatable bonds is 5. The molecule has 0 spiro atoms. The molecule has 1 atom stereocenters. The van der Waals surface area contributed by atoms with Crippen molar-refractivity contribution in [2.45, 2.75) is 38.6 Å². The number of fused-ring (bicyclic) bond motifs is 1. The molecule has 2 aliphatic rings. The third-order valence-corrected chi connectivity index (χ3v) is 5.67. The highest BCUT2D eigenvalue weighted by atomic mass is 19.1. The fourth-order valence-corrected chi connectivity index (χ4v) is 4.06. The number of nitrogens with zero attached hydrogens (tertiary/aromatic N) is 3. The molecule has 1 aliphatic carbocycles. The lowest BCUT2D eigenvalue weighted by Crippen LogP contribution is -2.29. The van der Waals surface area contributed by atoms with E-state index < -0.39 is 0 Å². The van der Waals surface area contributed by atoms with Crippen LogP contribution >= 0.6 is 0 Å². The van der Waals surface area contributed by atoms with Crippen molar-refractivity contribution in [1.29, 1.82) is 0 Å². The molecule has 1 aliphatic heterocycles. The Labute approximate surface area is 171 Å². The molecule has 0 bridgehead atoms. The van der Waals surface area contributed by atoms with Crippen LogP contribution in [0.5, 0.6) is 5.75 Å². The van der Waals surface area contributed by atoms with Gasteiger partial charge in [-0.2, -0.15) is 0 Å². The van der Waals surface area contributed by atoms with Crippen LogP contribution in [0.1, 0.15) is 36.2 Å². The Morgan fingerprint density at radius 1 is 1.21 bits per heavy atom. The number of pyridine rings is 2. The highest BCUT2D eigenvalue weighted by Gasteiger charge is 2.29. The average molecular weight is 397 g/mol. The largest absolute Gasteiger partial charge is 0.491 e. The molecule has 2 aromatic rings. The topological polar surface area (TPSA) is 62.3 Å². The van der Waals surface area contributed by atoms with E-state index in [0.29, 0.717) is 36.2 Å². The molecule has 29 heavy (non-hydrogen) atoms. The normalized spacial score (nSPS) is 18.3. The van der Waals surface area contributed by atoms with E-state index in [4.69, 9.17) is 4.74 Å². The molecule has 0 saturated heterocycles. The number of allylic oxidation sites excluding steroid dienone is 1. The Hall–Kier alpha value is -2.67. The Balaban J connectivity index is 1.72. The Kier molecular flexibility index (Phi) is 5.41. The Morgan fingerprint density at radius 3 is 2.72 bits per heavy atom. The molecule has 0 amide bonds. The zero-order valence-corrected chi connectivity index (χ0v) is 17.5. The van der Waals surface area contributed by atoms with Gasteiger partial charge in [-0.1, -0.05) is 6.08 Å². The fraction of sp³-hybridized carbons (Fsp3) is 0.455. The van der Waals surface area contributed by atoms with Gasteiger partial charge in [0.1, 0.15) is 5.82 Å². The first-order valence-corrected chi connectivity index (χ1v) is 10.1. The van der Waals surface area contributed by atoms with E-state index in [1.54, 1.807) is 0 Å². The van der Waals surface area contributed by atoms with Gasteiger partial charge in [0, 0.05) is 37.0 Å². The van der Waals surface area contributed by atoms with Crippen molar-refractivity contribution < 1.29 is 9.13 Å². The van der Waals surface area contributed by atoms with Gasteiger partial charge in [-0.05, 0) is 51.9 Å². The van der Waals surface area contributed by atoms with E-state index in [0.717, 1.165) is 41.9 Å². The predicted octanol–water partition coefficient (Wildman–Crippen LogP) is 4.14. The molecule has 4 rings (SSSR count). The first kappa shape index (κ1) is 19.6. The van der Waals surface area contributed by atoms with Gasteiger partial charge in [-0.3, -0.25) is 0 Å². The second-order valence-corrected chi connectivity index (χ2v) is 7.90. The smallest absolute Gasteiger partial charge is 0.177 e. The van der Waals surface area contributed by atoms with Gasteiger partial charge in [0.2, 0.25) is 0 Å². The summed E-state index contributed by atoms with van der Waals surface area (Å²) in [5.74, 6) is 1.01. The van der Waals surface area contributed by atoms with Crippen LogP contribution in [-0.4, -0.2) is 48.7 Å². The zero-order valence-electron chi connectivity index (χ0n) is 17.5. The quantitative estimate of drug-likeness (QED) is 0.791. The summed E-state index contributed by atoms with van der Waals surface area (Å²) in [6.45, 7) is 2.45. The highest BCUT2D eigenvalue weighted by molar-refractivity contribution is 5.76. The van der Waals surface area contributed by atoms with Gasteiger partial charge in [-0.15, -0.1) is 0 Å². The van der Waals surface area contributed by atoms with Crippen LogP contribution in [0.15, 0.2) is 18.2 Å². The molecule has 154 valence electrons. The third-order valence-electron chi connectivity index (χ3n) is 5.67. The molecule has 3 heterocycles. The standard InChI is InChI=1S/C22H28FN5O/c1-13-11-15(24-2)12-18(25-13)27-22-20(23)19(21-17(26-22)9-10-29-21)14-5-7-16(8-6-14)28(3)4/h5,11-12,16H,6-10H2,1-4H3,(H2,24,25,26,27)/t16-/m0/s1. The van der Waals surface area contributed by atoms with E-state index in [1.165, 1.54) is 0 Å². The maximum absolute atomic E-state index is 15.6. The zero-order chi connectivity index (χ0) is 20.5. The van der Waals surface area contributed by atoms with Crippen LogP contribution in [0, 0.1) is 12.7 Å². The van der Waals surface area contributed by atoms with Gasteiger partial charge in [-0.25, -0.2) is 14.4 Å². The second kappa shape index (κ2) is 7.99. The lowest BCUT2D eigenvalue weighted by atomic mass is 9.89. The van der Waals surface area contributed by atoms with Crippen LogP contribution < -0.4 is 15.4 Å². The molecule has 0 radical (unpaired) electrons. The summed E-state index contributed by atoms with van der Waals surface area (Å²) in [6.07, 6.45) is 5.58. The maximum Gasteiger partial charge on any atom is 0.177 e. The molecule has 0 saturated carbocycles. The molecule has 0 aromatic carbocycles. The van der Waals surface area contributed by atoms with E-state index in [9.17, 15) is 0 Å².